The Labute approximate surface area is 132 Å². The number of aryl methyl sites for hydroxylation is 2. The number of nitrogens with zero attached hydrogens (tertiary/aromatic N) is 5. The summed E-state index contributed by atoms with van der Waals surface area (Å²) in [5.74, 6) is 0.799. The molecule has 0 radical (unpaired) electrons. The van der Waals surface area contributed by atoms with Crippen LogP contribution in [0.3, 0.4) is 0 Å². The van der Waals surface area contributed by atoms with Crippen molar-refractivity contribution in [2.45, 2.75) is 13.8 Å². The Morgan fingerprint density at radius 3 is 2.74 bits per heavy atom. The Kier molecular flexibility index (Phi) is 4.09. The van der Waals surface area contributed by atoms with Crippen LogP contribution < -0.4 is 5.43 Å². The van der Waals surface area contributed by atoms with Gasteiger partial charge in [0.2, 0.25) is 0 Å². The van der Waals surface area contributed by atoms with Crippen molar-refractivity contribution in [3.8, 4) is 5.82 Å². The highest BCUT2D eigenvalue weighted by atomic mass is 19.1. The molecular weight excluding hydrogens is 295 g/mol. The normalized spacial score (nSPS) is 11.1. The molecular formula is C16H15FN6. The molecule has 0 aliphatic rings. The van der Waals surface area contributed by atoms with Crippen LogP contribution in [-0.2, 0) is 0 Å². The van der Waals surface area contributed by atoms with Gasteiger partial charge in [0.15, 0.2) is 11.6 Å². The molecule has 2 aromatic heterocycles. The number of hydrogen-bond acceptors (Lipinski definition) is 5. The van der Waals surface area contributed by atoms with Gasteiger partial charge >= 0.3 is 0 Å². The van der Waals surface area contributed by atoms with Gasteiger partial charge in [-0.1, -0.05) is 18.2 Å². The van der Waals surface area contributed by atoms with Crippen molar-refractivity contribution in [1.82, 2.24) is 19.7 Å². The van der Waals surface area contributed by atoms with E-state index in [2.05, 4.69) is 25.6 Å². The number of rotatable bonds is 4. The third kappa shape index (κ3) is 3.39. The standard InChI is InChI=1S/C16H15FN6/c1-11-7-12(2)23(22-11)16-8-15(18-10-19-16)21-20-9-13-5-3-4-6-14(13)17/h3-10H,1-2H3,(H,18,19,21)/b20-9-. The van der Waals surface area contributed by atoms with Crippen molar-refractivity contribution < 1.29 is 4.39 Å². The number of hydrogen-bond donors (Lipinski definition) is 1. The molecule has 3 aromatic rings. The highest BCUT2D eigenvalue weighted by Crippen LogP contribution is 2.12. The van der Waals surface area contributed by atoms with Crippen LogP contribution in [0.5, 0.6) is 0 Å². The van der Waals surface area contributed by atoms with Crippen molar-refractivity contribution in [3.63, 3.8) is 0 Å². The molecule has 6 nitrogen and oxygen atoms in total. The Morgan fingerprint density at radius 1 is 1.17 bits per heavy atom. The summed E-state index contributed by atoms with van der Waals surface area (Å²) in [5.41, 5.74) is 5.05. The van der Waals surface area contributed by atoms with Gasteiger partial charge in [-0.05, 0) is 26.0 Å². The molecule has 0 spiro atoms. The van der Waals surface area contributed by atoms with Crippen molar-refractivity contribution in [1.29, 1.82) is 0 Å². The average Bonchev–Trinajstić information content (AvgIpc) is 2.88. The minimum Gasteiger partial charge on any atom is -0.261 e. The molecule has 3 rings (SSSR count). The van der Waals surface area contributed by atoms with Crippen LogP contribution in [0.25, 0.3) is 5.82 Å². The lowest BCUT2D eigenvalue weighted by molar-refractivity contribution is 0.626. The van der Waals surface area contributed by atoms with Crippen molar-refractivity contribution in [2.75, 3.05) is 5.43 Å². The third-order valence-electron chi connectivity index (χ3n) is 3.17. The summed E-state index contributed by atoms with van der Waals surface area (Å²) in [6.07, 6.45) is 2.83. The van der Waals surface area contributed by atoms with E-state index in [9.17, 15) is 4.39 Å². The van der Waals surface area contributed by atoms with Crippen LogP contribution in [0.15, 0.2) is 47.8 Å². The highest BCUT2D eigenvalue weighted by molar-refractivity contribution is 5.80. The molecule has 116 valence electrons. The number of hydrazone groups is 1. The van der Waals surface area contributed by atoms with E-state index in [1.807, 2.05) is 19.9 Å². The van der Waals surface area contributed by atoms with Gasteiger partial charge in [0, 0.05) is 17.3 Å². The minimum atomic E-state index is -0.330. The van der Waals surface area contributed by atoms with Crippen LogP contribution >= 0.6 is 0 Å². The summed E-state index contributed by atoms with van der Waals surface area (Å²) in [6.45, 7) is 3.87. The molecule has 0 amide bonds. The second kappa shape index (κ2) is 6.35. The maximum absolute atomic E-state index is 13.5. The molecule has 0 aliphatic carbocycles. The molecule has 23 heavy (non-hydrogen) atoms. The first-order chi connectivity index (χ1) is 11.1. The number of halogens is 1. The molecule has 1 N–H and O–H groups in total. The van der Waals surface area contributed by atoms with E-state index >= 15 is 0 Å². The van der Waals surface area contributed by atoms with Gasteiger partial charge in [0.1, 0.15) is 12.1 Å². The van der Waals surface area contributed by atoms with Crippen LogP contribution in [0.1, 0.15) is 17.0 Å². The zero-order valence-electron chi connectivity index (χ0n) is 12.7. The summed E-state index contributed by atoms with van der Waals surface area (Å²) in [7, 11) is 0. The molecule has 0 saturated carbocycles. The fourth-order valence-electron chi connectivity index (χ4n) is 2.13. The molecule has 0 bridgehead atoms. The summed E-state index contributed by atoms with van der Waals surface area (Å²) in [5, 5.41) is 8.37. The van der Waals surface area contributed by atoms with Gasteiger partial charge in [0.05, 0.1) is 11.9 Å². The number of aromatic nitrogens is 4. The van der Waals surface area contributed by atoms with E-state index in [0.717, 1.165) is 11.4 Å². The predicted octanol–water partition coefficient (Wildman–Crippen LogP) is 2.86. The number of benzene rings is 1. The van der Waals surface area contributed by atoms with Crippen molar-refractivity contribution in [3.05, 3.63) is 65.5 Å². The predicted molar refractivity (Wildman–Crippen MR) is 86.2 cm³/mol. The van der Waals surface area contributed by atoms with E-state index in [1.54, 1.807) is 28.9 Å². The number of anilines is 1. The summed E-state index contributed by atoms with van der Waals surface area (Å²) in [6, 6.07) is 10.1. The van der Waals surface area contributed by atoms with Gasteiger partial charge in [-0.2, -0.15) is 10.2 Å². The van der Waals surface area contributed by atoms with Crippen molar-refractivity contribution >= 4 is 12.0 Å². The number of nitrogens with one attached hydrogen (secondary N) is 1. The Hall–Kier alpha value is -3.09. The smallest absolute Gasteiger partial charge is 0.159 e. The largest absolute Gasteiger partial charge is 0.261 e. The zero-order valence-corrected chi connectivity index (χ0v) is 12.7. The maximum atomic E-state index is 13.5. The Balaban J connectivity index is 1.78. The van der Waals surface area contributed by atoms with Crippen LogP contribution in [-0.4, -0.2) is 26.0 Å². The molecule has 7 heteroatoms. The molecule has 0 saturated heterocycles. The fourth-order valence-corrected chi connectivity index (χ4v) is 2.13. The van der Waals surface area contributed by atoms with E-state index in [0.29, 0.717) is 17.2 Å². The highest BCUT2D eigenvalue weighted by Gasteiger charge is 2.06. The summed E-state index contributed by atoms with van der Waals surface area (Å²) >= 11 is 0. The van der Waals surface area contributed by atoms with Crippen LogP contribution in [0, 0.1) is 19.7 Å². The lowest BCUT2D eigenvalue weighted by atomic mass is 10.2. The van der Waals surface area contributed by atoms with Gasteiger partial charge in [-0.25, -0.2) is 19.0 Å². The molecule has 0 fully saturated rings. The Morgan fingerprint density at radius 2 is 2.00 bits per heavy atom. The van der Waals surface area contributed by atoms with Gasteiger partial charge in [-0.3, -0.25) is 5.43 Å². The SMILES string of the molecule is Cc1cc(C)n(-c2cc(N/N=C\c3ccccc3F)ncn2)n1. The fraction of sp³-hybridized carbons (Fsp3) is 0.125. The van der Waals surface area contributed by atoms with Gasteiger partial charge in [0.25, 0.3) is 0 Å². The van der Waals surface area contributed by atoms with Gasteiger partial charge in [-0.15, -0.1) is 0 Å². The van der Waals surface area contributed by atoms with E-state index < -0.39 is 0 Å². The van der Waals surface area contributed by atoms with E-state index in [1.165, 1.54) is 18.6 Å². The maximum Gasteiger partial charge on any atom is 0.159 e. The van der Waals surface area contributed by atoms with Crippen LogP contribution in [0.4, 0.5) is 10.2 Å². The van der Waals surface area contributed by atoms with Gasteiger partial charge < -0.3 is 0 Å². The second-order valence-electron chi connectivity index (χ2n) is 4.99. The Bertz CT molecular complexity index is 855. The van der Waals surface area contributed by atoms with Crippen LogP contribution in [0.2, 0.25) is 0 Å². The first-order valence-corrected chi connectivity index (χ1v) is 7.03. The molecule has 0 aliphatic heterocycles. The average molecular weight is 310 g/mol. The van der Waals surface area contributed by atoms with Crippen molar-refractivity contribution in [2.24, 2.45) is 5.10 Å². The quantitative estimate of drug-likeness (QED) is 0.594. The molecule has 2 heterocycles. The summed E-state index contributed by atoms with van der Waals surface area (Å²) < 4.78 is 15.2. The second-order valence-corrected chi connectivity index (χ2v) is 4.99. The molecule has 1 aromatic carbocycles. The summed E-state index contributed by atoms with van der Waals surface area (Å²) in [4.78, 5) is 8.29. The van der Waals surface area contributed by atoms with E-state index in [4.69, 9.17) is 0 Å². The zero-order chi connectivity index (χ0) is 16.2. The first kappa shape index (κ1) is 14.8. The monoisotopic (exact) mass is 310 g/mol. The molecule has 0 unspecified atom stereocenters. The minimum absolute atomic E-state index is 0.330. The third-order valence-corrected chi connectivity index (χ3v) is 3.17. The topological polar surface area (TPSA) is 68.0 Å². The molecule has 0 atom stereocenters. The first-order valence-electron chi connectivity index (χ1n) is 7.03. The lowest BCUT2D eigenvalue weighted by Gasteiger charge is -2.05. The lowest BCUT2D eigenvalue weighted by Crippen LogP contribution is -2.04. The van der Waals surface area contributed by atoms with E-state index in [-0.39, 0.29) is 5.82 Å².